The fraction of sp³-hybridized carbons (Fsp3) is 0.167. The molecular weight excluding hydrogens is 277 g/mol. The van der Waals surface area contributed by atoms with Gasteiger partial charge in [0.1, 0.15) is 9.88 Å². The maximum Gasteiger partial charge on any atom is 0.416 e. The minimum absolute atomic E-state index is 0.268. The summed E-state index contributed by atoms with van der Waals surface area (Å²) in [5.74, 6) is -0.268. The molecule has 0 saturated carbocycles. The lowest BCUT2D eigenvalue weighted by atomic mass is 10.1. The minimum Gasteiger partial charge on any atom is -0.354 e. The Balaban J connectivity index is 2.28. The van der Waals surface area contributed by atoms with Crippen LogP contribution in [0.5, 0.6) is 0 Å². The van der Waals surface area contributed by atoms with Crippen molar-refractivity contribution in [3.05, 3.63) is 40.9 Å². The molecule has 0 aliphatic heterocycles. The van der Waals surface area contributed by atoms with Crippen LogP contribution in [0.4, 0.5) is 13.2 Å². The van der Waals surface area contributed by atoms with Gasteiger partial charge in [0.2, 0.25) is 0 Å². The van der Waals surface area contributed by atoms with Gasteiger partial charge in [0.05, 0.1) is 11.8 Å². The van der Waals surface area contributed by atoms with Crippen LogP contribution < -0.4 is 5.32 Å². The van der Waals surface area contributed by atoms with Crippen molar-refractivity contribution in [1.82, 2.24) is 10.3 Å². The van der Waals surface area contributed by atoms with Crippen molar-refractivity contribution < 1.29 is 18.0 Å². The van der Waals surface area contributed by atoms with Gasteiger partial charge < -0.3 is 5.32 Å². The smallest absolute Gasteiger partial charge is 0.354 e. The predicted octanol–water partition coefficient (Wildman–Crippen LogP) is 3.19. The number of carbonyl (C=O) groups is 1. The molecule has 0 unspecified atom stereocenters. The van der Waals surface area contributed by atoms with Crippen molar-refractivity contribution in [2.75, 3.05) is 7.05 Å². The first-order valence-electron chi connectivity index (χ1n) is 5.27. The lowest BCUT2D eigenvalue weighted by molar-refractivity contribution is -0.137. The highest BCUT2D eigenvalue weighted by atomic mass is 32.1. The number of carbonyl (C=O) groups excluding carboxylic acids is 1. The highest BCUT2D eigenvalue weighted by Crippen LogP contribution is 2.32. The van der Waals surface area contributed by atoms with Crippen molar-refractivity contribution in [3.63, 3.8) is 0 Å². The van der Waals surface area contributed by atoms with Gasteiger partial charge >= 0.3 is 6.18 Å². The zero-order valence-electron chi connectivity index (χ0n) is 9.78. The molecule has 1 aromatic heterocycles. The molecule has 1 heterocycles. The summed E-state index contributed by atoms with van der Waals surface area (Å²) in [6.45, 7) is 0. The Morgan fingerprint density at radius 3 is 2.42 bits per heavy atom. The first-order chi connectivity index (χ1) is 8.91. The molecule has 0 aliphatic rings. The summed E-state index contributed by atoms with van der Waals surface area (Å²) in [4.78, 5) is 15.8. The third-order valence-corrected chi connectivity index (χ3v) is 3.46. The number of alkyl halides is 3. The third kappa shape index (κ3) is 2.93. The molecular formula is C12H9F3N2OS. The monoisotopic (exact) mass is 286 g/mol. The molecule has 0 bridgehead atoms. The molecule has 1 aromatic carbocycles. The normalized spacial score (nSPS) is 11.4. The first kappa shape index (κ1) is 13.5. The van der Waals surface area contributed by atoms with Crippen molar-refractivity contribution in [2.45, 2.75) is 6.18 Å². The number of aromatic nitrogens is 1. The third-order valence-electron chi connectivity index (χ3n) is 2.42. The van der Waals surface area contributed by atoms with Crippen LogP contribution in [0.1, 0.15) is 15.2 Å². The summed E-state index contributed by atoms with van der Waals surface area (Å²) < 4.78 is 37.2. The number of benzene rings is 1. The van der Waals surface area contributed by atoms with Gasteiger partial charge in [0.25, 0.3) is 5.91 Å². The Bertz CT molecular complexity index is 590. The van der Waals surface area contributed by atoms with Crippen LogP contribution in [0, 0.1) is 0 Å². The van der Waals surface area contributed by atoms with Crippen molar-refractivity contribution in [2.24, 2.45) is 0 Å². The summed E-state index contributed by atoms with van der Waals surface area (Å²) in [6.07, 6.45) is -2.95. The zero-order valence-corrected chi connectivity index (χ0v) is 10.6. The van der Waals surface area contributed by atoms with Gasteiger partial charge in [-0.25, -0.2) is 4.98 Å². The van der Waals surface area contributed by atoms with Crippen LogP contribution in [0.15, 0.2) is 30.5 Å². The van der Waals surface area contributed by atoms with E-state index in [4.69, 9.17) is 0 Å². The maximum atomic E-state index is 12.4. The molecule has 1 amide bonds. The molecule has 7 heteroatoms. The van der Waals surface area contributed by atoms with Gasteiger partial charge in [0, 0.05) is 12.6 Å². The van der Waals surface area contributed by atoms with E-state index in [1.54, 1.807) is 0 Å². The van der Waals surface area contributed by atoms with Crippen molar-refractivity contribution >= 4 is 17.2 Å². The average molecular weight is 286 g/mol. The van der Waals surface area contributed by atoms with Gasteiger partial charge in [-0.15, -0.1) is 11.3 Å². The Labute approximate surface area is 111 Å². The molecule has 0 spiro atoms. The molecule has 1 N–H and O–H groups in total. The summed E-state index contributed by atoms with van der Waals surface area (Å²) in [5.41, 5.74) is -0.160. The van der Waals surface area contributed by atoms with Crippen LogP contribution in [0.2, 0.25) is 0 Å². The Hall–Kier alpha value is -1.89. The van der Waals surface area contributed by atoms with E-state index in [1.165, 1.54) is 25.4 Å². The lowest BCUT2D eigenvalue weighted by Gasteiger charge is -2.06. The van der Waals surface area contributed by atoms with Gasteiger partial charge in [-0.3, -0.25) is 4.79 Å². The van der Waals surface area contributed by atoms with Crippen LogP contribution in [-0.2, 0) is 6.18 Å². The van der Waals surface area contributed by atoms with Crippen molar-refractivity contribution in [3.8, 4) is 10.6 Å². The summed E-state index contributed by atoms with van der Waals surface area (Å²) in [5, 5.41) is 2.96. The first-order valence-corrected chi connectivity index (χ1v) is 6.09. The summed E-state index contributed by atoms with van der Waals surface area (Å²) >= 11 is 1.13. The van der Waals surface area contributed by atoms with Gasteiger partial charge in [-0.1, -0.05) is 12.1 Å². The molecule has 2 aromatic rings. The molecule has 3 nitrogen and oxygen atoms in total. The predicted molar refractivity (Wildman–Crippen MR) is 65.9 cm³/mol. The molecule has 0 atom stereocenters. The topological polar surface area (TPSA) is 42.0 Å². The van der Waals surface area contributed by atoms with E-state index in [0.717, 1.165) is 23.5 Å². The van der Waals surface area contributed by atoms with E-state index in [0.29, 0.717) is 15.4 Å². The second kappa shape index (κ2) is 5.00. The van der Waals surface area contributed by atoms with Crippen LogP contribution in [0.25, 0.3) is 10.6 Å². The van der Waals surface area contributed by atoms with Gasteiger partial charge in [-0.05, 0) is 12.1 Å². The summed E-state index contributed by atoms with van der Waals surface area (Å²) in [7, 11) is 1.50. The standard InChI is InChI=1S/C12H9F3N2OS/c1-16-10(18)9-6-17-11(19-9)7-2-4-8(5-3-7)12(13,14)15/h2-6H,1H3,(H,16,18). The minimum atomic E-state index is -4.35. The van der Waals surface area contributed by atoms with E-state index < -0.39 is 11.7 Å². The van der Waals surface area contributed by atoms with Crippen LogP contribution in [-0.4, -0.2) is 17.9 Å². The number of nitrogens with zero attached hydrogens (tertiary/aromatic N) is 1. The Kier molecular flexibility index (Phi) is 3.57. The molecule has 0 aliphatic carbocycles. The number of nitrogens with one attached hydrogen (secondary N) is 1. The number of rotatable bonds is 2. The number of amides is 1. The van der Waals surface area contributed by atoms with Gasteiger partial charge in [0.15, 0.2) is 0 Å². The van der Waals surface area contributed by atoms with Crippen LogP contribution >= 0.6 is 11.3 Å². The largest absolute Gasteiger partial charge is 0.416 e. The highest BCUT2D eigenvalue weighted by molar-refractivity contribution is 7.16. The molecule has 0 saturated heterocycles. The number of halogens is 3. The Morgan fingerprint density at radius 1 is 1.26 bits per heavy atom. The van der Waals surface area contributed by atoms with E-state index in [9.17, 15) is 18.0 Å². The zero-order chi connectivity index (χ0) is 14.0. The molecule has 100 valence electrons. The average Bonchev–Trinajstić information content (AvgIpc) is 2.86. The fourth-order valence-corrected chi connectivity index (χ4v) is 2.31. The maximum absolute atomic E-state index is 12.4. The van der Waals surface area contributed by atoms with E-state index in [2.05, 4.69) is 10.3 Å². The second-order valence-electron chi connectivity index (χ2n) is 3.68. The van der Waals surface area contributed by atoms with Crippen LogP contribution in [0.3, 0.4) is 0 Å². The highest BCUT2D eigenvalue weighted by Gasteiger charge is 2.30. The van der Waals surface area contributed by atoms with Crippen molar-refractivity contribution in [1.29, 1.82) is 0 Å². The molecule has 0 fully saturated rings. The van der Waals surface area contributed by atoms with E-state index in [1.807, 2.05) is 0 Å². The number of hydrogen-bond acceptors (Lipinski definition) is 3. The van der Waals surface area contributed by atoms with E-state index >= 15 is 0 Å². The fourth-order valence-electron chi connectivity index (χ4n) is 1.44. The second-order valence-corrected chi connectivity index (χ2v) is 4.71. The summed E-state index contributed by atoms with van der Waals surface area (Å²) in [6, 6.07) is 4.68. The lowest BCUT2D eigenvalue weighted by Crippen LogP contribution is -2.16. The quantitative estimate of drug-likeness (QED) is 0.921. The Morgan fingerprint density at radius 2 is 1.89 bits per heavy atom. The number of hydrogen-bond donors (Lipinski definition) is 1. The van der Waals surface area contributed by atoms with E-state index in [-0.39, 0.29) is 5.91 Å². The number of thiazole rings is 1. The molecule has 19 heavy (non-hydrogen) atoms. The molecule has 0 radical (unpaired) electrons. The SMILES string of the molecule is CNC(=O)c1cnc(-c2ccc(C(F)(F)F)cc2)s1. The molecule has 2 rings (SSSR count). The van der Waals surface area contributed by atoms with Gasteiger partial charge in [-0.2, -0.15) is 13.2 Å².